The second-order valence-electron chi connectivity index (χ2n) is 4.30. The van der Waals surface area contributed by atoms with E-state index in [4.69, 9.17) is 14.6 Å². The third-order valence-corrected chi connectivity index (χ3v) is 2.88. The van der Waals surface area contributed by atoms with Gasteiger partial charge in [0.25, 0.3) is 0 Å². The smallest absolute Gasteiger partial charge is 0.323 e. The van der Waals surface area contributed by atoms with Gasteiger partial charge in [-0.05, 0) is 39.7 Å². The Hall–Kier alpha value is -0.650. The van der Waals surface area contributed by atoms with E-state index in [1.54, 1.807) is 21.1 Å². The van der Waals surface area contributed by atoms with Gasteiger partial charge in [0, 0.05) is 26.9 Å². The van der Waals surface area contributed by atoms with E-state index in [0.717, 1.165) is 25.9 Å². The van der Waals surface area contributed by atoms with Crippen molar-refractivity contribution in [3.8, 4) is 0 Å². The number of methoxy groups -OCH3 is 1. The number of rotatable bonds is 11. The number of nitrogens with one attached hydrogen (secondary N) is 1. The minimum absolute atomic E-state index is 0.611. The number of carboxylic acids is 1. The molecule has 0 aromatic carbocycles. The molecule has 0 aromatic heterocycles. The second-order valence-corrected chi connectivity index (χ2v) is 4.30. The van der Waals surface area contributed by atoms with Crippen molar-refractivity contribution in [1.29, 1.82) is 0 Å². The van der Waals surface area contributed by atoms with Crippen LogP contribution in [0.15, 0.2) is 0 Å². The van der Waals surface area contributed by atoms with Crippen molar-refractivity contribution in [2.24, 2.45) is 0 Å². The van der Waals surface area contributed by atoms with Crippen molar-refractivity contribution in [1.82, 2.24) is 5.32 Å². The molecule has 0 aliphatic heterocycles. The lowest BCUT2D eigenvalue weighted by Crippen LogP contribution is -2.47. The zero-order valence-corrected chi connectivity index (χ0v) is 11.1. The van der Waals surface area contributed by atoms with Gasteiger partial charge in [-0.3, -0.25) is 4.79 Å². The number of hydrogen-bond acceptors (Lipinski definition) is 4. The predicted molar refractivity (Wildman–Crippen MR) is 66.3 cm³/mol. The van der Waals surface area contributed by atoms with Crippen molar-refractivity contribution in [2.45, 2.75) is 38.1 Å². The van der Waals surface area contributed by atoms with Gasteiger partial charge >= 0.3 is 5.97 Å². The fourth-order valence-electron chi connectivity index (χ4n) is 1.43. The summed E-state index contributed by atoms with van der Waals surface area (Å²) in [6.07, 6.45) is 3.24. The Balaban J connectivity index is 3.47. The summed E-state index contributed by atoms with van der Waals surface area (Å²) < 4.78 is 10.3. The largest absolute Gasteiger partial charge is 0.480 e. The van der Waals surface area contributed by atoms with E-state index in [-0.39, 0.29) is 0 Å². The van der Waals surface area contributed by atoms with Crippen molar-refractivity contribution in [2.75, 3.05) is 34.0 Å². The zero-order chi connectivity index (χ0) is 13.1. The monoisotopic (exact) mass is 247 g/mol. The summed E-state index contributed by atoms with van der Waals surface area (Å²) >= 11 is 0. The molecule has 5 heteroatoms. The molecule has 0 amide bonds. The molecule has 0 heterocycles. The van der Waals surface area contributed by atoms with Crippen LogP contribution in [0.2, 0.25) is 0 Å². The Bertz CT molecular complexity index is 211. The highest BCUT2D eigenvalue weighted by molar-refractivity contribution is 5.78. The number of hydrogen-bond donors (Lipinski definition) is 2. The predicted octanol–water partition coefficient (Wildman–Crippen LogP) is 1.27. The molecule has 0 bridgehead atoms. The minimum atomic E-state index is -0.823. The molecule has 0 radical (unpaired) electrons. The maximum absolute atomic E-state index is 11.0. The molecule has 5 nitrogen and oxygen atoms in total. The van der Waals surface area contributed by atoms with Crippen molar-refractivity contribution < 1.29 is 19.4 Å². The van der Waals surface area contributed by atoms with Crippen molar-refractivity contribution in [3.05, 3.63) is 0 Å². The number of carboxylic acid groups (broad SMARTS) is 1. The van der Waals surface area contributed by atoms with Crippen LogP contribution in [0.25, 0.3) is 0 Å². The number of likely N-dealkylation sites (N-methyl/N-ethyl adjacent to an activating group) is 1. The summed E-state index contributed by atoms with van der Waals surface area (Å²) in [5, 5.41) is 11.9. The quantitative estimate of drug-likeness (QED) is 0.538. The van der Waals surface area contributed by atoms with Crippen LogP contribution in [-0.4, -0.2) is 50.6 Å². The molecule has 0 aliphatic carbocycles. The molecule has 0 saturated carbocycles. The molecule has 1 unspecified atom stereocenters. The van der Waals surface area contributed by atoms with E-state index in [2.05, 4.69) is 5.32 Å². The Labute approximate surface area is 103 Å². The highest BCUT2D eigenvalue weighted by Crippen LogP contribution is 2.13. The highest BCUT2D eigenvalue weighted by Gasteiger charge is 2.29. The van der Waals surface area contributed by atoms with Crippen LogP contribution >= 0.6 is 0 Å². The van der Waals surface area contributed by atoms with Crippen LogP contribution in [0, 0.1) is 0 Å². The molecule has 0 rings (SSSR count). The van der Waals surface area contributed by atoms with Gasteiger partial charge < -0.3 is 19.9 Å². The first kappa shape index (κ1) is 16.4. The number of ether oxygens (including phenoxy) is 2. The summed E-state index contributed by atoms with van der Waals surface area (Å²) in [6, 6.07) is 0. The number of carbonyl (C=O) groups is 1. The highest BCUT2D eigenvalue weighted by atomic mass is 16.5. The van der Waals surface area contributed by atoms with Gasteiger partial charge in [-0.15, -0.1) is 0 Å². The Morgan fingerprint density at radius 2 is 1.88 bits per heavy atom. The summed E-state index contributed by atoms with van der Waals surface area (Å²) in [4.78, 5) is 11.0. The minimum Gasteiger partial charge on any atom is -0.480 e. The molecule has 17 heavy (non-hydrogen) atoms. The Kier molecular flexibility index (Phi) is 9.03. The van der Waals surface area contributed by atoms with E-state index < -0.39 is 11.5 Å². The Morgan fingerprint density at radius 3 is 2.41 bits per heavy atom. The second kappa shape index (κ2) is 9.39. The average Bonchev–Trinajstić information content (AvgIpc) is 2.32. The van der Waals surface area contributed by atoms with Gasteiger partial charge in [-0.2, -0.15) is 0 Å². The normalized spacial score (nSPS) is 14.5. The lowest BCUT2D eigenvalue weighted by molar-refractivity contribution is -0.144. The van der Waals surface area contributed by atoms with E-state index in [1.807, 2.05) is 0 Å². The van der Waals surface area contributed by atoms with Gasteiger partial charge in [-0.1, -0.05) is 0 Å². The molecule has 0 spiro atoms. The van der Waals surface area contributed by atoms with Gasteiger partial charge in [0.1, 0.15) is 5.54 Å². The first-order chi connectivity index (χ1) is 8.06. The molecule has 0 aliphatic rings. The Morgan fingerprint density at radius 1 is 1.24 bits per heavy atom. The van der Waals surface area contributed by atoms with E-state index in [9.17, 15) is 4.79 Å². The fourth-order valence-corrected chi connectivity index (χ4v) is 1.43. The summed E-state index contributed by atoms with van der Waals surface area (Å²) in [5.41, 5.74) is -0.823. The molecule has 0 aromatic rings. The molecule has 102 valence electrons. The summed E-state index contributed by atoms with van der Waals surface area (Å²) in [5.74, 6) is -0.805. The fraction of sp³-hybridized carbons (Fsp3) is 0.917. The SMILES string of the molecule is CNC(C)(CCCCOCCCOC)C(=O)O. The van der Waals surface area contributed by atoms with E-state index in [0.29, 0.717) is 19.6 Å². The number of aliphatic carboxylic acids is 1. The van der Waals surface area contributed by atoms with Crippen LogP contribution < -0.4 is 5.32 Å². The van der Waals surface area contributed by atoms with Crippen LogP contribution in [0.5, 0.6) is 0 Å². The van der Waals surface area contributed by atoms with Gasteiger partial charge in [0.2, 0.25) is 0 Å². The average molecular weight is 247 g/mol. The van der Waals surface area contributed by atoms with Gasteiger partial charge in [0.15, 0.2) is 0 Å². The maximum atomic E-state index is 11.0. The van der Waals surface area contributed by atoms with Crippen LogP contribution in [0.4, 0.5) is 0 Å². The molecule has 0 fully saturated rings. The summed E-state index contributed by atoms with van der Waals surface area (Å²) in [7, 11) is 3.35. The third-order valence-electron chi connectivity index (χ3n) is 2.88. The lowest BCUT2D eigenvalue weighted by Gasteiger charge is -2.23. The number of unbranched alkanes of at least 4 members (excludes halogenated alkanes) is 1. The van der Waals surface area contributed by atoms with Crippen molar-refractivity contribution in [3.63, 3.8) is 0 Å². The maximum Gasteiger partial charge on any atom is 0.323 e. The van der Waals surface area contributed by atoms with Crippen molar-refractivity contribution >= 4 is 5.97 Å². The zero-order valence-electron chi connectivity index (χ0n) is 11.1. The topological polar surface area (TPSA) is 67.8 Å². The van der Waals surface area contributed by atoms with Crippen LogP contribution in [0.1, 0.15) is 32.6 Å². The van der Waals surface area contributed by atoms with Gasteiger partial charge in [-0.25, -0.2) is 0 Å². The lowest BCUT2D eigenvalue weighted by atomic mass is 9.95. The first-order valence-corrected chi connectivity index (χ1v) is 6.06. The first-order valence-electron chi connectivity index (χ1n) is 6.06. The van der Waals surface area contributed by atoms with Gasteiger partial charge in [0.05, 0.1) is 0 Å². The van der Waals surface area contributed by atoms with Crippen LogP contribution in [0.3, 0.4) is 0 Å². The molecule has 2 N–H and O–H groups in total. The molecule has 0 saturated heterocycles. The summed E-state index contributed by atoms with van der Waals surface area (Å²) in [6.45, 7) is 3.81. The van der Waals surface area contributed by atoms with E-state index >= 15 is 0 Å². The third kappa shape index (κ3) is 7.31. The van der Waals surface area contributed by atoms with Crippen LogP contribution in [-0.2, 0) is 14.3 Å². The molecule has 1 atom stereocenters. The molecular formula is C12H25NO4. The molecular weight excluding hydrogens is 222 g/mol. The van der Waals surface area contributed by atoms with E-state index in [1.165, 1.54) is 0 Å². The standard InChI is InChI=1S/C12H25NO4/c1-12(13-2,11(14)15)7-4-5-9-17-10-6-8-16-3/h13H,4-10H2,1-3H3,(H,14,15).